The lowest BCUT2D eigenvalue weighted by Crippen LogP contribution is -2.32. The molecule has 1 N–H and O–H groups in total. The number of nitrogens with zero attached hydrogens (tertiary/aromatic N) is 1. The van der Waals surface area contributed by atoms with Crippen LogP contribution in [0.4, 0.5) is 4.39 Å². The molecule has 1 fully saturated rings. The van der Waals surface area contributed by atoms with E-state index in [0.717, 1.165) is 25.7 Å². The van der Waals surface area contributed by atoms with E-state index in [4.69, 9.17) is 16.3 Å². The lowest BCUT2D eigenvalue weighted by Gasteiger charge is -2.21. The Kier molecular flexibility index (Phi) is 8.22. The monoisotopic (exact) mass is 482 g/mol. The Morgan fingerprint density at radius 2 is 1.69 bits per heavy atom. The zero-order valence-electron chi connectivity index (χ0n) is 17.4. The molecule has 0 bridgehead atoms. The lowest BCUT2D eigenvalue weighted by atomic mass is 10.2. The fraction of sp³-hybridized carbons (Fsp3) is 0.364. The molecule has 0 aliphatic carbocycles. The van der Waals surface area contributed by atoms with Crippen molar-refractivity contribution >= 4 is 33.5 Å². The van der Waals surface area contributed by atoms with Gasteiger partial charge in [-0.3, -0.25) is 4.79 Å². The number of nitrogens with one attached hydrogen (secondary N) is 1. The number of esters is 1. The molecule has 32 heavy (non-hydrogen) atoms. The van der Waals surface area contributed by atoms with Crippen LogP contribution < -0.4 is 5.32 Å². The van der Waals surface area contributed by atoms with Crippen molar-refractivity contribution in [2.75, 3.05) is 19.7 Å². The van der Waals surface area contributed by atoms with E-state index in [1.54, 1.807) is 0 Å². The Hall–Kier alpha value is -2.49. The molecule has 2 aromatic rings. The van der Waals surface area contributed by atoms with Crippen LogP contribution in [0.5, 0.6) is 0 Å². The summed E-state index contributed by atoms with van der Waals surface area (Å²) in [4.78, 5) is 24.2. The Morgan fingerprint density at radius 1 is 1.03 bits per heavy atom. The highest BCUT2D eigenvalue weighted by atomic mass is 35.5. The standard InChI is InChI=1S/C22H24ClFN2O5S/c23-19-10-7-17(13-20(19)32(29,30)26-11-3-1-2-4-12-26)22(28)31-15-21(27)25-14-16-5-8-18(24)9-6-16/h5-10,13H,1-4,11-12,14-15H2,(H,25,27). The lowest BCUT2D eigenvalue weighted by molar-refractivity contribution is -0.124. The summed E-state index contributed by atoms with van der Waals surface area (Å²) in [7, 11) is -3.86. The molecule has 2 aromatic carbocycles. The van der Waals surface area contributed by atoms with Gasteiger partial charge in [-0.15, -0.1) is 0 Å². The predicted octanol–water partition coefficient (Wildman–Crippen LogP) is 3.52. The summed E-state index contributed by atoms with van der Waals surface area (Å²) in [5.41, 5.74) is 0.668. The smallest absolute Gasteiger partial charge is 0.338 e. The highest BCUT2D eigenvalue weighted by molar-refractivity contribution is 7.89. The molecule has 0 spiro atoms. The molecule has 1 aliphatic rings. The van der Waals surface area contributed by atoms with Crippen LogP contribution >= 0.6 is 11.6 Å². The van der Waals surface area contributed by atoms with Gasteiger partial charge >= 0.3 is 5.97 Å². The number of carbonyl (C=O) groups excluding carboxylic acids is 2. The molecular weight excluding hydrogens is 459 g/mol. The van der Waals surface area contributed by atoms with Gasteiger partial charge in [0, 0.05) is 19.6 Å². The first-order valence-corrected chi connectivity index (χ1v) is 12.1. The molecule has 7 nitrogen and oxygen atoms in total. The third kappa shape index (κ3) is 6.27. The summed E-state index contributed by atoms with van der Waals surface area (Å²) in [6.07, 6.45) is 3.47. The molecule has 0 unspecified atom stereocenters. The van der Waals surface area contributed by atoms with Crippen molar-refractivity contribution in [1.29, 1.82) is 0 Å². The minimum atomic E-state index is -3.86. The van der Waals surface area contributed by atoms with Gasteiger partial charge in [-0.2, -0.15) is 4.31 Å². The van der Waals surface area contributed by atoms with E-state index >= 15 is 0 Å². The first-order chi connectivity index (χ1) is 15.3. The minimum absolute atomic E-state index is 0.0165. The molecule has 172 valence electrons. The highest BCUT2D eigenvalue weighted by Gasteiger charge is 2.28. The fourth-order valence-electron chi connectivity index (χ4n) is 3.32. The molecule has 0 radical (unpaired) electrons. The van der Waals surface area contributed by atoms with E-state index in [2.05, 4.69) is 5.32 Å². The number of carbonyl (C=O) groups is 2. The van der Waals surface area contributed by atoms with Crippen LogP contribution in [0.1, 0.15) is 41.6 Å². The van der Waals surface area contributed by atoms with Gasteiger partial charge < -0.3 is 10.1 Å². The molecule has 1 aliphatic heterocycles. The summed E-state index contributed by atoms with van der Waals surface area (Å²) >= 11 is 6.14. The number of sulfonamides is 1. The van der Waals surface area contributed by atoms with Gasteiger partial charge in [0.05, 0.1) is 10.6 Å². The molecule has 1 amide bonds. The topological polar surface area (TPSA) is 92.8 Å². The molecule has 10 heteroatoms. The molecule has 0 atom stereocenters. The van der Waals surface area contributed by atoms with E-state index < -0.39 is 28.5 Å². The first-order valence-electron chi connectivity index (χ1n) is 10.3. The summed E-state index contributed by atoms with van der Waals surface area (Å²) < 4.78 is 45.4. The average Bonchev–Trinajstić information content (AvgIpc) is 3.07. The largest absolute Gasteiger partial charge is 0.452 e. The molecule has 0 aromatic heterocycles. The van der Waals surface area contributed by atoms with Crippen molar-refractivity contribution in [1.82, 2.24) is 9.62 Å². The van der Waals surface area contributed by atoms with E-state index in [1.165, 1.54) is 46.8 Å². The SMILES string of the molecule is O=C(COC(=O)c1ccc(Cl)c(S(=O)(=O)N2CCCCCC2)c1)NCc1ccc(F)cc1. The van der Waals surface area contributed by atoms with Crippen LogP contribution in [-0.4, -0.2) is 44.3 Å². The van der Waals surface area contributed by atoms with Gasteiger partial charge in [-0.25, -0.2) is 17.6 Å². The Bertz CT molecular complexity index is 1070. The second-order valence-electron chi connectivity index (χ2n) is 7.44. The summed E-state index contributed by atoms with van der Waals surface area (Å²) in [5.74, 6) is -1.77. The molecular formula is C22H24ClFN2O5S. The van der Waals surface area contributed by atoms with Crippen LogP contribution in [0, 0.1) is 5.82 Å². The minimum Gasteiger partial charge on any atom is -0.452 e. The van der Waals surface area contributed by atoms with E-state index in [-0.39, 0.29) is 27.8 Å². The zero-order valence-corrected chi connectivity index (χ0v) is 18.9. The number of hydrogen-bond donors (Lipinski definition) is 1. The predicted molar refractivity (Wildman–Crippen MR) is 117 cm³/mol. The quantitative estimate of drug-likeness (QED) is 0.609. The van der Waals surface area contributed by atoms with E-state index in [1.807, 2.05) is 0 Å². The Labute approximate surface area is 191 Å². The normalized spacial score (nSPS) is 15.1. The first kappa shape index (κ1) is 24.2. The maximum Gasteiger partial charge on any atom is 0.338 e. The maximum absolute atomic E-state index is 13.0. The average molecular weight is 483 g/mol. The van der Waals surface area contributed by atoms with Crippen molar-refractivity contribution in [3.8, 4) is 0 Å². The number of halogens is 2. The van der Waals surface area contributed by atoms with Crippen molar-refractivity contribution in [2.24, 2.45) is 0 Å². The van der Waals surface area contributed by atoms with Crippen LogP contribution in [0.25, 0.3) is 0 Å². The van der Waals surface area contributed by atoms with Gasteiger partial charge in [0.25, 0.3) is 5.91 Å². The van der Waals surface area contributed by atoms with Crippen molar-refractivity contribution in [3.63, 3.8) is 0 Å². The number of ether oxygens (including phenoxy) is 1. The fourth-order valence-corrected chi connectivity index (χ4v) is 5.33. The van der Waals surface area contributed by atoms with Gasteiger partial charge in [0.2, 0.25) is 10.0 Å². The van der Waals surface area contributed by atoms with Crippen molar-refractivity contribution in [2.45, 2.75) is 37.1 Å². The number of benzene rings is 2. The van der Waals surface area contributed by atoms with Crippen LogP contribution in [0.2, 0.25) is 5.02 Å². The summed E-state index contributed by atoms with van der Waals surface area (Å²) in [6, 6.07) is 9.48. The second-order valence-corrected chi connectivity index (χ2v) is 9.76. The van der Waals surface area contributed by atoms with Gasteiger partial charge in [-0.1, -0.05) is 36.6 Å². The van der Waals surface area contributed by atoms with Gasteiger partial charge in [0.15, 0.2) is 6.61 Å². The Balaban J connectivity index is 1.61. The third-order valence-electron chi connectivity index (χ3n) is 5.09. The number of amides is 1. The van der Waals surface area contributed by atoms with Crippen LogP contribution in [0.15, 0.2) is 47.4 Å². The molecule has 3 rings (SSSR count). The summed E-state index contributed by atoms with van der Waals surface area (Å²) in [6.45, 7) is 0.413. The van der Waals surface area contributed by atoms with Crippen molar-refractivity contribution < 1.29 is 27.1 Å². The molecule has 1 heterocycles. The number of rotatable bonds is 7. The highest BCUT2D eigenvalue weighted by Crippen LogP contribution is 2.28. The Morgan fingerprint density at radius 3 is 2.34 bits per heavy atom. The third-order valence-corrected chi connectivity index (χ3v) is 7.47. The molecule has 1 saturated heterocycles. The summed E-state index contributed by atoms with van der Waals surface area (Å²) in [5, 5.41) is 2.57. The van der Waals surface area contributed by atoms with Gasteiger partial charge in [-0.05, 0) is 48.7 Å². The van der Waals surface area contributed by atoms with Crippen LogP contribution in [-0.2, 0) is 26.1 Å². The van der Waals surface area contributed by atoms with E-state index in [9.17, 15) is 22.4 Å². The number of hydrogen-bond acceptors (Lipinski definition) is 5. The van der Waals surface area contributed by atoms with Crippen LogP contribution in [0.3, 0.4) is 0 Å². The molecule has 0 saturated carbocycles. The second kappa shape index (κ2) is 10.9. The zero-order chi connectivity index (χ0) is 23.1. The maximum atomic E-state index is 13.0. The van der Waals surface area contributed by atoms with E-state index in [0.29, 0.717) is 18.7 Å². The van der Waals surface area contributed by atoms with Gasteiger partial charge in [0.1, 0.15) is 10.7 Å². The van der Waals surface area contributed by atoms with Crippen molar-refractivity contribution in [3.05, 3.63) is 64.4 Å².